The summed E-state index contributed by atoms with van der Waals surface area (Å²) in [5, 5.41) is 3.14. The number of nitrogens with one attached hydrogen (secondary N) is 1. The van der Waals surface area contributed by atoms with Crippen molar-refractivity contribution in [1.82, 2.24) is 5.32 Å². The molecule has 0 aliphatic carbocycles. The summed E-state index contributed by atoms with van der Waals surface area (Å²) in [4.78, 5) is 14.4. The van der Waals surface area contributed by atoms with Gasteiger partial charge in [-0.25, -0.2) is 0 Å². The normalized spacial score (nSPS) is 10.1. The summed E-state index contributed by atoms with van der Waals surface area (Å²) in [6.45, 7) is 0. The molecule has 3 aromatic carbocycles. The number of carbonyl (C=O) groups excluding carboxylic acids is 1. The van der Waals surface area contributed by atoms with Crippen LogP contribution in [0.5, 0.6) is 0 Å². The molecule has 25 heavy (non-hydrogen) atoms. The van der Waals surface area contributed by atoms with Crippen molar-refractivity contribution in [2.75, 3.05) is 4.90 Å². The first-order chi connectivity index (χ1) is 12.2. The van der Waals surface area contributed by atoms with Gasteiger partial charge in [-0.05, 0) is 64.5 Å². The first-order valence-corrected chi connectivity index (χ1v) is 8.87. The minimum absolute atomic E-state index is 0.255. The number of hydrogen-bond donors (Lipinski definition) is 1. The second-order valence-electron chi connectivity index (χ2n) is 5.25. The number of carbonyl (C=O) groups is 1. The van der Waals surface area contributed by atoms with Gasteiger partial charge in [0.2, 0.25) is 0 Å². The Bertz CT molecular complexity index is 845. The van der Waals surface area contributed by atoms with Crippen LogP contribution in [0.1, 0.15) is 10.4 Å². The maximum absolute atomic E-state index is 12.6. The Labute approximate surface area is 160 Å². The van der Waals surface area contributed by atoms with Gasteiger partial charge in [-0.2, -0.15) is 0 Å². The van der Waals surface area contributed by atoms with Crippen LogP contribution in [0.15, 0.2) is 89.4 Å². The lowest BCUT2D eigenvalue weighted by atomic mass is 10.2. The van der Waals surface area contributed by atoms with Crippen LogP contribution in [-0.2, 0) is 0 Å². The average molecular weight is 411 g/mol. The van der Waals surface area contributed by atoms with Crippen LogP contribution < -0.4 is 10.2 Å². The van der Waals surface area contributed by atoms with E-state index in [9.17, 15) is 4.79 Å². The van der Waals surface area contributed by atoms with Crippen LogP contribution >= 0.6 is 28.1 Å². The topological polar surface area (TPSA) is 32.3 Å². The van der Waals surface area contributed by atoms with E-state index in [1.807, 2.05) is 83.8 Å². The number of halogens is 1. The molecule has 0 atom stereocenters. The fraction of sp³-hybridized carbons (Fsp3) is 0. The molecule has 0 saturated heterocycles. The lowest BCUT2D eigenvalue weighted by Crippen LogP contribution is -2.40. The number of para-hydroxylation sites is 2. The maximum Gasteiger partial charge on any atom is 0.258 e. The largest absolute Gasteiger partial charge is 0.298 e. The van der Waals surface area contributed by atoms with Crippen molar-refractivity contribution >= 4 is 50.5 Å². The van der Waals surface area contributed by atoms with Crippen molar-refractivity contribution in [2.24, 2.45) is 0 Å². The third kappa shape index (κ3) is 4.13. The Morgan fingerprint density at radius 1 is 0.800 bits per heavy atom. The highest BCUT2D eigenvalue weighted by atomic mass is 79.9. The van der Waals surface area contributed by atoms with E-state index in [0.717, 1.165) is 15.8 Å². The molecule has 1 N–H and O–H groups in total. The summed E-state index contributed by atoms with van der Waals surface area (Å²) in [7, 11) is 0. The number of nitrogens with zero attached hydrogens (tertiary/aromatic N) is 1. The van der Waals surface area contributed by atoms with Crippen LogP contribution in [0.4, 0.5) is 11.4 Å². The van der Waals surface area contributed by atoms with Gasteiger partial charge in [-0.15, -0.1) is 0 Å². The summed E-state index contributed by atoms with van der Waals surface area (Å²) in [5.41, 5.74) is 2.29. The third-order valence-electron chi connectivity index (χ3n) is 3.57. The fourth-order valence-corrected chi connectivity index (χ4v) is 3.17. The molecule has 0 heterocycles. The number of hydrogen-bond acceptors (Lipinski definition) is 2. The molecule has 0 aliphatic rings. The second-order valence-corrected chi connectivity index (χ2v) is 6.49. The van der Waals surface area contributed by atoms with Crippen molar-refractivity contribution < 1.29 is 4.79 Å². The number of benzene rings is 3. The van der Waals surface area contributed by atoms with Crippen LogP contribution in [0, 0.1) is 0 Å². The van der Waals surface area contributed by atoms with E-state index in [1.54, 1.807) is 6.07 Å². The maximum atomic E-state index is 12.6. The molecule has 1 amide bonds. The van der Waals surface area contributed by atoms with Gasteiger partial charge in [0.25, 0.3) is 5.91 Å². The highest BCUT2D eigenvalue weighted by Crippen LogP contribution is 2.25. The first-order valence-electron chi connectivity index (χ1n) is 7.67. The Hall–Kier alpha value is -2.50. The molecule has 3 nitrogen and oxygen atoms in total. The molecule has 3 rings (SSSR count). The molecular weight excluding hydrogens is 396 g/mol. The van der Waals surface area contributed by atoms with E-state index < -0.39 is 0 Å². The highest BCUT2D eigenvalue weighted by Gasteiger charge is 2.18. The number of rotatable bonds is 3. The van der Waals surface area contributed by atoms with Crippen molar-refractivity contribution in [3.8, 4) is 0 Å². The van der Waals surface area contributed by atoms with Gasteiger partial charge >= 0.3 is 0 Å². The van der Waals surface area contributed by atoms with E-state index >= 15 is 0 Å². The molecule has 0 fully saturated rings. The fourth-order valence-electron chi connectivity index (χ4n) is 2.40. The van der Waals surface area contributed by atoms with Gasteiger partial charge < -0.3 is 0 Å². The molecule has 5 heteroatoms. The van der Waals surface area contributed by atoms with Crippen molar-refractivity contribution in [3.05, 3.63) is 95.0 Å². The molecule has 0 unspecified atom stereocenters. The van der Waals surface area contributed by atoms with Gasteiger partial charge in [0.15, 0.2) is 5.11 Å². The SMILES string of the molecule is O=C(NC(=S)N(c1ccccc1)c1ccccc1)c1ccccc1Br. The summed E-state index contributed by atoms with van der Waals surface area (Å²) in [5.74, 6) is -0.255. The first kappa shape index (κ1) is 17.3. The van der Waals surface area contributed by atoms with Crippen LogP contribution in [-0.4, -0.2) is 11.0 Å². The smallest absolute Gasteiger partial charge is 0.258 e. The molecule has 0 saturated carbocycles. The predicted octanol–water partition coefficient (Wildman–Crippen LogP) is 5.30. The molecule has 0 spiro atoms. The summed E-state index contributed by atoms with van der Waals surface area (Å²) in [6, 6.07) is 26.7. The third-order valence-corrected chi connectivity index (χ3v) is 4.55. The monoisotopic (exact) mass is 410 g/mol. The Morgan fingerprint density at radius 3 is 1.80 bits per heavy atom. The highest BCUT2D eigenvalue weighted by molar-refractivity contribution is 9.10. The van der Waals surface area contributed by atoms with Gasteiger partial charge in [-0.1, -0.05) is 48.5 Å². The predicted molar refractivity (Wildman–Crippen MR) is 109 cm³/mol. The quantitative estimate of drug-likeness (QED) is 0.594. The minimum atomic E-state index is -0.255. The van der Waals surface area contributed by atoms with Crippen LogP contribution in [0.2, 0.25) is 0 Å². The number of anilines is 2. The molecule has 124 valence electrons. The Balaban J connectivity index is 1.90. The molecule has 0 bridgehead atoms. The summed E-state index contributed by atoms with van der Waals surface area (Å²) < 4.78 is 0.723. The molecule has 0 aliphatic heterocycles. The van der Waals surface area contributed by atoms with Crippen molar-refractivity contribution in [1.29, 1.82) is 0 Å². The van der Waals surface area contributed by atoms with E-state index in [4.69, 9.17) is 12.2 Å². The zero-order chi connectivity index (χ0) is 17.6. The van der Waals surface area contributed by atoms with Crippen molar-refractivity contribution in [3.63, 3.8) is 0 Å². The van der Waals surface area contributed by atoms with Crippen LogP contribution in [0.25, 0.3) is 0 Å². The molecule has 0 radical (unpaired) electrons. The number of thiocarbonyl (C=S) groups is 1. The molecule has 3 aromatic rings. The minimum Gasteiger partial charge on any atom is -0.298 e. The van der Waals surface area contributed by atoms with Gasteiger partial charge in [0, 0.05) is 15.8 Å². The summed E-state index contributed by atoms with van der Waals surface area (Å²) in [6.07, 6.45) is 0. The van der Waals surface area contributed by atoms with E-state index in [2.05, 4.69) is 21.2 Å². The van der Waals surface area contributed by atoms with Crippen molar-refractivity contribution in [2.45, 2.75) is 0 Å². The van der Waals surface area contributed by atoms with Gasteiger partial charge in [-0.3, -0.25) is 15.0 Å². The van der Waals surface area contributed by atoms with Gasteiger partial charge in [0.05, 0.1) is 5.56 Å². The average Bonchev–Trinajstić information content (AvgIpc) is 2.64. The standard InChI is InChI=1S/C20H15BrN2OS/c21-18-14-8-7-13-17(18)19(24)22-20(25)23(15-9-3-1-4-10-15)16-11-5-2-6-12-16/h1-14H,(H,22,24,25). The van der Waals surface area contributed by atoms with E-state index in [-0.39, 0.29) is 5.91 Å². The van der Waals surface area contributed by atoms with Gasteiger partial charge in [0.1, 0.15) is 0 Å². The Kier molecular flexibility index (Phi) is 5.58. The summed E-state index contributed by atoms with van der Waals surface area (Å²) >= 11 is 8.93. The second kappa shape index (κ2) is 8.05. The van der Waals surface area contributed by atoms with Crippen LogP contribution in [0.3, 0.4) is 0 Å². The molecule has 0 aromatic heterocycles. The zero-order valence-corrected chi connectivity index (χ0v) is 15.6. The Morgan fingerprint density at radius 2 is 1.28 bits per heavy atom. The lowest BCUT2D eigenvalue weighted by molar-refractivity contribution is 0.0976. The van der Waals surface area contributed by atoms with E-state index in [1.165, 1.54) is 0 Å². The molecular formula is C20H15BrN2OS. The van der Waals surface area contributed by atoms with E-state index in [0.29, 0.717) is 10.7 Å². The zero-order valence-electron chi connectivity index (χ0n) is 13.2. The lowest BCUT2D eigenvalue weighted by Gasteiger charge is -2.25. The number of amides is 1.